The molecule has 7 heteroatoms. The van der Waals surface area contributed by atoms with Crippen molar-refractivity contribution in [1.29, 1.82) is 5.26 Å². The number of methoxy groups -OCH3 is 1. The number of rotatable bonds is 2. The molecule has 6 nitrogen and oxygen atoms in total. The van der Waals surface area contributed by atoms with E-state index in [0.29, 0.717) is 0 Å². The molecule has 94 valence electrons. The number of carbonyl (C=O) groups excluding carboxylic acids is 1. The van der Waals surface area contributed by atoms with Crippen LogP contribution < -0.4 is 10.1 Å². The first-order valence-electron chi connectivity index (χ1n) is 5.11. The number of sulfone groups is 1. The van der Waals surface area contributed by atoms with Gasteiger partial charge in [-0.1, -0.05) is 6.07 Å². The highest BCUT2D eigenvalue weighted by Gasteiger charge is 2.41. The van der Waals surface area contributed by atoms with Gasteiger partial charge >= 0.3 is 0 Å². The molecule has 1 unspecified atom stereocenters. The molecule has 1 aromatic rings. The van der Waals surface area contributed by atoms with Crippen molar-refractivity contribution in [3.05, 3.63) is 18.2 Å². The van der Waals surface area contributed by atoms with E-state index in [1.165, 1.54) is 19.2 Å². The quantitative estimate of drug-likeness (QED) is 0.850. The lowest BCUT2D eigenvalue weighted by molar-refractivity contribution is -0.115. The highest BCUT2D eigenvalue weighted by atomic mass is 32.2. The van der Waals surface area contributed by atoms with E-state index in [4.69, 9.17) is 10.00 Å². The first kappa shape index (κ1) is 12.4. The van der Waals surface area contributed by atoms with E-state index in [1.807, 2.05) is 0 Å². The first-order chi connectivity index (χ1) is 8.52. The highest BCUT2D eigenvalue weighted by Crippen LogP contribution is 2.37. The molecule has 1 heterocycles. The average molecular weight is 266 g/mol. The second-order valence-corrected chi connectivity index (χ2v) is 5.82. The number of benzene rings is 1. The molecule has 1 aliphatic heterocycles. The van der Waals surface area contributed by atoms with Crippen LogP contribution >= 0.6 is 0 Å². The SMILES string of the molecule is COc1cccc2c1NC(=O)C(CC#N)S2(=O)=O. The molecular weight excluding hydrogens is 256 g/mol. The van der Waals surface area contributed by atoms with Crippen molar-refractivity contribution in [2.24, 2.45) is 0 Å². The van der Waals surface area contributed by atoms with Crippen LogP contribution in [0.25, 0.3) is 0 Å². The van der Waals surface area contributed by atoms with Crippen LogP contribution in [0.15, 0.2) is 23.1 Å². The molecule has 0 bridgehead atoms. The maximum Gasteiger partial charge on any atom is 0.244 e. The summed E-state index contributed by atoms with van der Waals surface area (Å²) in [7, 11) is -2.46. The Labute approximate surface area is 104 Å². The molecule has 1 atom stereocenters. The molecule has 1 aliphatic rings. The lowest BCUT2D eigenvalue weighted by Gasteiger charge is -2.24. The number of carbonyl (C=O) groups is 1. The largest absolute Gasteiger partial charge is 0.495 e. The zero-order valence-electron chi connectivity index (χ0n) is 9.50. The molecule has 18 heavy (non-hydrogen) atoms. The molecule has 0 radical (unpaired) electrons. The van der Waals surface area contributed by atoms with E-state index in [9.17, 15) is 13.2 Å². The summed E-state index contributed by atoms with van der Waals surface area (Å²) in [5.74, 6) is -0.423. The van der Waals surface area contributed by atoms with Crippen LogP contribution in [0.5, 0.6) is 5.75 Å². The third-order valence-electron chi connectivity index (χ3n) is 2.71. The molecule has 0 saturated heterocycles. The predicted molar refractivity (Wildman–Crippen MR) is 62.8 cm³/mol. The van der Waals surface area contributed by atoms with Crippen molar-refractivity contribution < 1.29 is 17.9 Å². The van der Waals surface area contributed by atoms with Crippen LogP contribution in [-0.4, -0.2) is 26.7 Å². The molecule has 0 saturated carbocycles. The summed E-state index contributed by atoms with van der Waals surface area (Å²) >= 11 is 0. The van der Waals surface area contributed by atoms with Crippen LogP contribution in [-0.2, 0) is 14.6 Å². The second kappa shape index (κ2) is 4.31. The van der Waals surface area contributed by atoms with Crippen molar-refractivity contribution in [3.8, 4) is 11.8 Å². The molecule has 0 spiro atoms. The Hall–Kier alpha value is -2.07. The average Bonchev–Trinajstić information content (AvgIpc) is 2.34. The Morgan fingerprint density at radius 2 is 2.22 bits per heavy atom. The number of anilines is 1. The Morgan fingerprint density at radius 1 is 1.50 bits per heavy atom. The van der Waals surface area contributed by atoms with E-state index in [2.05, 4.69) is 5.32 Å². The van der Waals surface area contributed by atoms with Crippen LogP contribution in [0.3, 0.4) is 0 Å². The summed E-state index contributed by atoms with van der Waals surface area (Å²) in [4.78, 5) is 11.7. The van der Waals surface area contributed by atoms with E-state index in [-0.39, 0.29) is 22.8 Å². The number of para-hydroxylation sites is 1. The molecule has 0 aliphatic carbocycles. The van der Waals surface area contributed by atoms with Gasteiger partial charge in [-0.05, 0) is 12.1 Å². The van der Waals surface area contributed by atoms with Crippen LogP contribution in [0.2, 0.25) is 0 Å². The highest BCUT2D eigenvalue weighted by molar-refractivity contribution is 7.93. The van der Waals surface area contributed by atoms with Gasteiger partial charge < -0.3 is 10.1 Å². The molecule has 1 N–H and O–H groups in total. The summed E-state index contributed by atoms with van der Waals surface area (Å²) in [5, 5.41) is 9.71. The Morgan fingerprint density at radius 3 is 2.83 bits per heavy atom. The number of amides is 1. The minimum absolute atomic E-state index is 0.0123. The van der Waals surface area contributed by atoms with Gasteiger partial charge in [-0.3, -0.25) is 4.79 Å². The summed E-state index contributed by atoms with van der Waals surface area (Å²) in [6.45, 7) is 0. The predicted octanol–water partition coefficient (Wildman–Crippen LogP) is 0.703. The van der Waals surface area contributed by atoms with E-state index >= 15 is 0 Å². The molecule has 0 aromatic heterocycles. The third kappa shape index (κ3) is 1.71. The number of hydrogen-bond acceptors (Lipinski definition) is 5. The number of fused-ring (bicyclic) bond motifs is 1. The fraction of sp³-hybridized carbons (Fsp3) is 0.273. The Bertz CT molecular complexity index is 645. The van der Waals surface area contributed by atoms with E-state index in [1.54, 1.807) is 12.1 Å². The van der Waals surface area contributed by atoms with Gasteiger partial charge in [0, 0.05) is 0 Å². The third-order valence-corrected chi connectivity index (χ3v) is 4.79. The zero-order chi connectivity index (χ0) is 13.3. The van der Waals surface area contributed by atoms with Crippen molar-refractivity contribution in [2.45, 2.75) is 16.6 Å². The van der Waals surface area contributed by atoms with Gasteiger partial charge in [-0.25, -0.2) is 8.42 Å². The second-order valence-electron chi connectivity index (χ2n) is 3.72. The van der Waals surface area contributed by atoms with Gasteiger partial charge in [0.15, 0.2) is 15.1 Å². The molecule has 2 rings (SSSR count). The fourth-order valence-corrected chi connectivity index (χ4v) is 3.47. The summed E-state index contributed by atoms with van der Waals surface area (Å²) in [5.41, 5.74) is 0.138. The van der Waals surface area contributed by atoms with Gasteiger partial charge in [0.1, 0.15) is 11.4 Å². The molecule has 1 aromatic carbocycles. The van der Waals surface area contributed by atoms with Gasteiger partial charge in [0.2, 0.25) is 5.91 Å². The standard InChI is InChI=1S/C11H10N2O4S/c1-17-7-3-2-4-8-10(7)13-11(14)9(5-6-12)18(8,15)16/h2-4,9H,5H2,1H3,(H,13,14). The van der Waals surface area contributed by atoms with Crippen molar-refractivity contribution in [2.75, 3.05) is 12.4 Å². The minimum Gasteiger partial charge on any atom is -0.495 e. The smallest absolute Gasteiger partial charge is 0.244 e. The summed E-state index contributed by atoms with van der Waals surface area (Å²) in [6.07, 6.45) is -0.370. The van der Waals surface area contributed by atoms with Gasteiger partial charge in [0.05, 0.1) is 24.5 Å². The zero-order valence-corrected chi connectivity index (χ0v) is 10.3. The number of nitrogens with one attached hydrogen (secondary N) is 1. The number of ether oxygens (including phenoxy) is 1. The lowest BCUT2D eigenvalue weighted by Crippen LogP contribution is -2.39. The molecular formula is C11H10N2O4S. The van der Waals surface area contributed by atoms with Crippen LogP contribution in [0, 0.1) is 11.3 Å². The lowest BCUT2D eigenvalue weighted by atomic mass is 10.2. The van der Waals surface area contributed by atoms with Crippen LogP contribution in [0.1, 0.15) is 6.42 Å². The van der Waals surface area contributed by atoms with Crippen LogP contribution in [0.4, 0.5) is 5.69 Å². The first-order valence-corrected chi connectivity index (χ1v) is 6.65. The fourth-order valence-electron chi connectivity index (χ4n) is 1.82. The number of nitrogens with zero attached hydrogens (tertiary/aromatic N) is 1. The summed E-state index contributed by atoms with van der Waals surface area (Å²) < 4.78 is 29.4. The maximum absolute atomic E-state index is 12.2. The summed E-state index contributed by atoms with van der Waals surface area (Å²) in [6, 6.07) is 6.18. The number of hydrogen-bond donors (Lipinski definition) is 1. The van der Waals surface area contributed by atoms with Crippen molar-refractivity contribution in [1.82, 2.24) is 0 Å². The molecule has 0 fully saturated rings. The van der Waals surface area contributed by atoms with Gasteiger partial charge in [-0.2, -0.15) is 5.26 Å². The monoisotopic (exact) mass is 266 g/mol. The van der Waals surface area contributed by atoms with E-state index < -0.39 is 21.0 Å². The normalized spacial score (nSPS) is 20.4. The van der Waals surface area contributed by atoms with Gasteiger partial charge in [0.25, 0.3) is 0 Å². The Balaban J connectivity index is 2.66. The maximum atomic E-state index is 12.2. The van der Waals surface area contributed by atoms with Crippen molar-refractivity contribution in [3.63, 3.8) is 0 Å². The van der Waals surface area contributed by atoms with Crippen molar-refractivity contribution >= 4 is 21.4 Å². The molecule has 1 amide bonds. The topological polar surface area (TPSA) is 96.3 Å². The minimum atomic E-state index is -3.84. The van der Waals surface area contributed by atoms with E-state index in [0.717, 1.165) is 0 Å². The van der Waals surface area contributed by atoms with Gasteiger partial charge in [-0.15, -0.1) is 0 Å². The Kier molecular flexibility index (Phi) is 2.97. The number of nitriles is 1.